The molecule has 0 aromatic heterocycles. The molecule has 4 rings (SSSR count). The molecular weight excluding hydrogens is 516 g/mol. The summed E-state index contributed by atoms with van der Waals surface area (Å²) in [7, 11) is 3.19. The van der Waals surface area contributed by atoms with E-state index in [-0.39, 0.29) is 37.3 Å². The molecule has 3 atom stereocenters. The van der Waals surface area contributed by atoms with E-state index in [1.165, 1.54) is 9.80 Å². The van der Waals surface area contributed by atoms with Crippen molar-refractivity contribution in [1.29, 1.82) is 0 Å². The molecule has 8 nitrogen and oxygen atoms in total. The van der Waals surface area contributed by atoms with Crippen molar-refractivity contribution in [1.82, 2.24) is 15.1 Å². The molecule has 0 saturated carbocycles. The summed E-state index contributed by atoms with van der Waals surface area (Å²) in [6, 6.07) is 26.0. The molecule has 0 bridgehead atoms. The minimum absolute atomic E-state index is 0.127. The Labute approximate surface area is 242 Å². The highest BCUT2D eigenvalue weighted by atomic mass is 16.5. The first-order valence-corrected chi connectivity index (χ1v) is 14.1. The first-order valence-electron chi connectivity index (χ1n) is 14.1. The van der Waals surface area contributed by atoms with Crippen molar-refractivity contribution in [3.8, 4) is 11.1 Å². The maximum absolute atomic E-state index is 14.0. The number of ether oxygens (including phenoxy) is 1. The van der Waals surface area contributed by atoms with Gasteiger partial charge in [-0.05, 0) is 41.6 Å². The van der Waals surface area contributed by atoms with Gasteiger partial charge in [0.05, 0.1) is 6.61 Å². The van der Waals surface area contributed by atoms with Crippen LogP contribution in [0.2, 0.25) is 0 Å². The zero-order valence-electron chi connectivity index (χ0n) is 23.9. The Morgan fingerprint density at radius 2 is 1.41 bits per heavy atom. The molecule has 41 heavy (non-hydrogen) atoms. The van der Waals surface area contributed by atoms with E-state index in [4.69, 9.17) is 10.5 Å². The Morgan fingerprint density at radius 1 is 0.829 bits per heavy atom. The lowest BCUT2D eigenvalue weighted by molar-refractivity contribution is -0.148. The van der Waals surface area contributed by atoms with Crippen LogP contribution in [0.4, 0.5) is 0 Å². The maximum Gasteiger partial charge on any atom is 0.249 e. The van der Waals surface area contributed by atoms with E-state index < -0.39 is 18.0 Å². The number of hydrogen-bond donors (Lipinski definition) is 2. The minimum Gasteiger partial charge on any atom is -0.370 e. The van der Waals surface area contributed by atoms with Gasteiger partial charge in [-0.15, -0.1) is 0 Å². The standard InChI is InChI=1S/C33H40N4O4/c1-36(31(38)23-41-22-28-14-9-19-35-28)30(21-25-15-17-27(18-16-25)26-12-7-4-8-13-26)33(40)37(2)29(32(34)39)20-24-10-5-3-6-11-24/h3-8,10-13,15-18,28-30,35H,9,14,19-23H2,1-2H3,(H2,34,39)/t28-,29+,30+/m0/s1. The lowest BCUT2D eigenvalue weighted by Crippen LogP contribution is -2.55. The Hall–Kier alpha value is -4.01. The Kier molecular flexibility index (Phi) is 10.6. The maximum atomic E-state index is 14.0. The number of nitrogens with one attached hydrogen (secondary N) is 1. The molecule has 1 heterocycles. The van der Waals surface area contributed by atoms with E-state index in [9.17, 15) is 14.4 Å². The number of carbonyl (C=O) groups is 3. The van der Waals surface area contributed by atoms with E-state index in [1.807, 2.05) is 84.9 Å². The van der Waals surface area contributed by atoms with Gasteiger partial charge in [0.15, 0.2) is 0 Å². The number of benzene rings is 3. The molecule has 3 N–H and O–H groups in total. The molecule has 216 valence electrons. The number of nitrogens with zero attached hydrogens (tertiary/aromatic N) is 2. The average Bonchev–Trinajstić information content (AvgIpc) is 3.52. The average molecular weight is 557 g/mol. The van der Waals surface area contributed by atoms with Crippen molar-refractivity contribution in [2.75, 3.05) is 33.9 Å². The van der Waals surface area contributed by atoms with E-state index in [2.05, 4.69) is 5.32 Å². The summed E-state index contributed by atoms with van der Waals surface area (Å²) in [5, 5.41) is 3.35. The zero-order chi connectivity index (χ0) is 29.2. The van der Waals surface area contributed by atoms with Gasteiger partial charge in [0.1, 0.15) is 18.7 Å². The van der Waals surface area contributed by atoms with Gasteiger partial charge < -0.3 is 25.6 Å². The van der Waals surface area contributed by atoms with Crippen molar-refractivity contribution < 1.29 is 19.1 Å². The van der Waals surface area contributed by atoms with Crippen LogP contribution >= 0.6 is 0 Å². The zero-order valence-corrected chi connectivity index (χ0v) is 23.9. The van der Waals surface area contributed by atoms with Crippen molar-refractivity contribution >= 4 is 17.7 Å². The number of amides is 3. The predicted octanol–water partition coefficient (Wildman–Crippen LogP) is 3.05. The number of likely N-dealkylation sites (N-methyl/N-ethyl adjacent to an activating group) is 2. The highest BCUT2D eigenvalue weighted by molar-refractivity contribution is 5.92. The SMILES string of the molecule is CN(C(=O)COC[C@@H]1CCCN1)[C@H](Cc1ccc(-c2ccccc2)cc1)C(=O)N(C)[C@H](Cc1ccccc1)C(N)=O. The third kappa shape index (κ3) is 8.25. The number of nitrogens with two attached hydrogens (primary N) is 1. The summed E-state index contributed by atoms with van der Waals surface area (Å²) in [5.41, 5.74) is 9.71. The summed E-state index contributed by atoms with van der Waals surface area (Å²) >= 11 is 0. The van der Waals surface area contributed by atoms with Crippen molar-refractivity contribution in [2.45, 2.75) is 43.8 Å². The Balaban J connectivity index is 1.52. The number of rotatable bonds is 13. The summed E-state index contributed by atoms with van der Waals surface area (Å²) in [4.78, 5) is 42.5. The molecule has 1 saturated heterocycles. The molecule has 3 aromatic carbocycles. The second-order valence-corrected chi connectivity index (χ2v) is 10.7. The second kappa shape index (κ2) is 14.6. The highest BCUT2D eigenvalue weighted by Gasteiger charge is 2.34. The summed E-state index contributed by atoms with van der Waals surface area (Å²) in [6.07, 6.45) is 2.68. The van der Waals surface area contributed by atoms with Crippen LogP contribution < -0.4 is 11.1 Å². The third-order valence-electron chi connectivity index (χ3n) is 7.76. The van der Waals surface area contributed by atoms with Crippen LogP contribution in [0.1, 0.15) is 24.0 Å². The van der Waals surface area contributed by atoms with Crippen LogP contribution in [0.3, 0.4) is 0 Å². The fourth-order valence-electron chi connectivity index (χ4n) is 5.19. The van der Waals surface area contributed by atoms with Crippen LogP contribution in [0, 0.1) is 0 Å². The minimum atomic E-state index is -0.860. The van der Waals surface area contributed by atoms with Gasteiger partial charge in [-0.3, -0.25) is 14.4 Å². The van der Waals surface area contributed by atoms with Gasteiger partial charge in [0, 0.05) is 33.0 Å². The van der Waals surface area contributed by atoms with Gasteiger partial charge in [-0.1, -0.05) is 84.9 Å². The normalized spacial score (nSPS) is 16.1. The predicted molar refractivity (Wildman–Crippen MR) is 160 cm³/mol. The van der Waals surface area contributed by atoms with Gasteiger partial charge in [0.2, 0.25) is 17.7 Å². The fraction of sp³-hybridized carbons (Fsp3) is 0.364. The van der Waals surface area contributed by atoms with Crippen LogP contribution in [0.15, 0.2) is 84.9 Å². The smallest absolute Gasteiger partial charge is 0.249 e. The summed E-state index contributed by atoms with van der Waals surface area (Å²) < 4.78 is 5.72. The number of hydrogen-bond acceptors (Lipinski definition) is 5. The van der Waals surface area contributed by atoms with E-state index in [0.29, 0.717) is 6.61 Å². The van der Waals surface area contributed by atoms with Gasteiger partial charge in [-0.2, -0.15) is 0 Å². The van der Waals surface area contributed by atoms with Crippen molar-refractivity contribution in [2.24, 2.45) is 5.73 Å². The molecule has 1 aliphatic heterocycles. The summed E-state index contributed by atoms with van der Waals surface area (Å²) in [6.45, 7) is 1.27. The van der Waals surface area contributed by atoms with E-state index in [0.717, 1.165) is 41.6 Å². The monoisotopic (exact) mass is 556 g/mol. The molecule has 1 fully saturated rings. The van der Waals surface area contributed by atoms with Gasteiger partial charge in [0.25, 0.3) is 0 Å². The number of carbonyl (C=O) groups excluding carboxylic acids is 3. The largest absolute Gasteiger partial charge is 0.370 e. The van der Waals surface area contributed by atoms with Crippen LogP contribution in [0.5, 0.6) is 0 Å². The molecule has 8 heteroatoms. The molecule has 3 aromatic rings. The highest BCUT2D eigenvalue weighted by Crippen LogP contribution is 2.21. The molecule has 0 spiro atoms. The lowest BCUT2D eigenvalue weighted by Gasteiger charge is -2.34. The molecule has 1 aliphatic rings. The quantitative estimate of drug-likeness (QED) is 0.337. The number of primary amides is 1. The molecule has 0 radical (unpaired) electrons. The van der Waals surface area contributed by atoms with Crippen molar-refractivity contribution in [3.63, 3.8) is 0 Å². The van der Waals surface area contributed by atoms with E-state index in [1.54, 1.807) is 14.1 Å². The fourth-order valence-corrected chi connectivity index (χ4v) is 5.19. The second-order valence-electron chi connectivity index (χ2n) is 10.7. The topological polar surface area (TPSA) is 105 Å². The van der Waals surface area contributed by atoms with Crippen LogP contribution in [-0.2, 0) is 32.0 Å². The van der Waals surface area contributed by atoms with Gasteiger partial charge in [-0.25, -0.2) is 0 Å². The van der Waals surface area contributed by atoms with Crippen LogP contribution in [-0.4, -0.2) is 79.5 Å². The Bertz CT molecular complexity index is 1280. The molecular formula is C33H40N4O4. The Morgan fingerprint density at radius 3 is 2.02 bits per heavy atom. The van der Waals surface area contributed by atoms with Gasteiger partial charge >= 0.3 is 0 Å². The molecule has 3 amide bonds. The third-order valence-corrected chi connectivity index (χ3v) is 7.76. The lowest BCUT2D eigenvalue weighted by atomic mass is 9.98. The molecule has 0 aliphatic carbocycles. The van der Waals surface area contributed by atoms with Crippen molar-refractivity contribution in [3.05, 3.63) is 96.1 Å². The van der Waals surface area contributed by atoms with Crippen LogP contribution in [0.25, 0.3) is 11.1 Å². The first kappa shape index (κ1) is 30.0. The summed E-state index contributed by atoms with van der Waals surface area (Å²) in [5.74, 6) is -1.25. The molecule has 0 unspecified atom stereocenters. The first-order chi connectivity index (χ1) is 19.8. The van der Waals surface area contributed by atoms with E-state index >= 15 is 0 Å².